The molecule has 0 bridgehead atoms. The number of fused-ring (bicyclic) bond motifs is 1. The number of aromatic amines is 1. The van der Waals surface area contributed by atoms with Gasteiger partial charge in [0, 0.05) is 17.2 Å². The highest BCUT2D eigenvalue weighted by molar-refractivity contribution is 6.08. The molecule has 0 atom stereocenters. The van der Waals surface area contributed by atoms with Gasteiger partial charge in [-0.2, -0.15) is 0 Å². The number of carbonyl (C=O) groups excluding carboxylic acids is 1. The molecular formula is C20H14FN3O4. The van der Waals surface area contributed by atoms with Crippen LogP contribution in [-0.2, 0) is 0 Å². The molecule has 1 aromatic heterocycles. The highest BCUT2D eigenvalue weighted by atomic mass is 19.1. The Morgan fingerprint density at radius 3 is 2.64 bits per heavy atom. The van der Waals surface area contributed by atoms with Crippen LogP contribution in [0.1, 0.15) is 10.4 Å². The van der Waals surface area contributed by atoms with Crippen molar-refractivity contribution in [2.75, 3.05) is 12.4 Å². The average molecular weight is 379 g/mol. The smallest absolute Gasteiger partial charge is 0.439 e. The second-order valence-electron chi connectivity index (χ2n) is 5.99. The van der Waals surface area contributed by atoms with E-state index in [1.165, 1.54) is 13.2 Å². The van der Waals surface area contributed by atoms with Crippen molar-refractivity contribution < 1.29 is 18.4 Å². The quantitative estimate of drug-likeness (QED) is 0.565. The monoisotopic (exact) mass is 379 g/mol. The zero-order valence-electron chi connectivity index (χ0n) is 14.7. The fraction of sp³-hybridized carbons (Fsp3) is 0.0500. The van der Waals surface area contributed by atoms with Gasteiger partial charge in [-0.15, -0.1) is 0 Å². The number of hydrogen-bond donors (Lipinski definition) is 2. The molecular weight excluding hydrogens is 365 g/mol. The summed E-state index contributed by atoms with van der Waals surface area (Å²) < 4.78 is 23.6. The van der Waals surface area contributed by atoms with Gasteiger partial charge in [0.25, 0.3) is 5.91 Å². The lowest BCUT2D eigenvalue weighted by Crippen LogP contribution is -2.13. The van der Waals surface area contributed by atoms with Crippen LogP contribution in [0.2, 0.25) is 0 Å². The summed E-state index contributed by atoms with van der Waals surface area (Å²) in [7, 11) is 1.31. The minimum absolute atomic E-state index is 0.0136. The summed E-state index contributed by atoms with van der Waals surface area (Å²) >= 11 is 0. The number of methoxy groups -OCH3 is 1. The minimum atomic E-state index is -0.793. The molecule has 0 saturated carbocycles. The molecule has 0 aliphatic rings. The van der Waals surface area contributed by atoms with Crippen LogP contribution in [0.15, 0.2) is 63.9 Å². The number of hydrogen-bond acceptors (Lipinski definition) is 5. The van der Waals surface area contributed by atoms with Gasteiger partial charge in [0.2, 0.25) is 0 Å². The number of anilines is 1. The van der Waals surface area contributed by atoms with Crippen molar-refractivity contribution in [1.29, 1.82) is 0 Å². The van der Waals surface area contributed by atoms with E-state index in [0.29, 0.717) is 5.56 Å². The lowest BCUT2D eigenvalue weighted by molar-refractivity contribution is 0.102. The largest absolute Gasteiger partial charge is 0.494 e. The Labute approximate surface area is 157 Å². The van der Waals surface area contributed by atoms with E-state index in [0.717, 1.165) is 16.8 Å². The Morgan fingerprint density at radius 1 is 1.14 bits per heavy atom. The second-order valence-corrected chi connectivity index (χ2v) is 5.99. The number of ether oxygens (including phenoxy) is 1. The molecule has 2 N–H and O–H groups in total. The number of carbonyl (C=O) groups is 1. The Hall–Kier alpha value is -3.94. The van der Waals surface area contributed by atoms with Crippen molar-refractivity contribution >= 4 is 22.4 Å². The lowest BCUT2D eigenvalue weighted by atomic mass is 10.1. The molecule has 0 unspecified atom stereocenters. The number of H-pyrrole nitrogens is 1. The molecule has 0 saturated heterocycles. The van der Waals surface area contributed by atoms with Gasteiger partial charge in [0.1, 0.15) is 0 Å². The highest BCUT2D eigenvalue weighted by Crippen LogP contribution is 2.32. The third-order valence-corrected chi connectivity index (χ3v) is 4.25. The predicted molar refractivity (Wildman–Crippen MR) is 101 cm³/mol. The number of aromatic nitrogens is 2. The third kappa shape index (κ3) is 3.23. The predicted octanol–water partition coefficient (Wildman–Crippen LogP) is 3.58. The van der Waals surface area contributed by atoms with E-state index in [2.05, 4.69) is 20.0 Å². The zero-order chi connectivity index (χ0) is 19.7. The first-order valence-corrected chi connectivity index (χ1v) is 8.29. The van der Waals surface area contributed by atoms with E-state index in [1.54, 1.807) is 12.1 Å². The van der Waals surface area contributed by atoms with Crippen molar-refractivity contribution in [1.82, 2.24) is 10.1 Å². The summed E-state index contributed by atoms with van der Waals surface area (Å²) in [4.78, 5) is 26.4. The molecule has 0 aliphatic heterocycles. The van der Waals surface area contributed by atoms with E-state index in [4.69, 9.17) is 4.74 Å². The number of rotatable bonds is 4. The molecule has 1 amide bonds. The minimum Gasteiger partial charge on any atom is -0.494 e. The zero-order valence-corrected chi connectivity index (χ0v) is 14.7. The van der Waals surface area contributed by atoms with Crippen LogP contribution >= 0.6 is 0 Å². The van der Waals surface area contributed by atoms with Crippen LogP contribution < -0.4 is 15.8 Å². The van der Waals surface area contributed by atoms with Crippen LogP contribution in [0.5, 0.6) is 5.75 Å². The van der Waals surface area contributed by atoms with Gasteiger partial charge in [-0.25, -0.2) is 9.18 Å². The maximum Gasteiger partial charge on any atom is 0.439 e. The molecule has 0 aliphatic carbocycles. The topological polar surface area (TPSA) is 97.2 Å². The Balaban J connectivity index is 1.74. The molecule has 4 rings (SSSR count). The van der Waals surface area contributed by atoms with Gasteiger partial charge in [0.15, 0.2) is 17.4 Å². The summed E-state index contributed by atoms with van der Waals surface area (Å²) in [6.45, 7) is 0. The van der Waals surface area contributed by atoms with E-state index in [1.807, 2.05) is 30.3 Å². The molecule has 8 heteroatoms. The van der Waals surface area contributed by atoms with Gasteiger partial charge in [-0.3, -0.25) is 14.3 Å². The summed E-state index contributed by atoms with van der Waals surface area (Å²) in [5.74, 6) is -1.96. The molecule has 28 heavy (non-hydrogen) atoms. The van der Waals surface area contributed by atoms with Gasteiger partial charge in [0.05, 0.1) is 12.8 Å². The number of halogens is 1. The second kappa shape index (κ2) is 6.99. The van der Waals surface area contributed by atoms with E-state index in [-0.39, 0.29) is 22.8 Å². The van der Waals surface area contributed by atoms with Crippen molar-refractivity contribution in [3.63, 3.8) is 0 Å². The summed E-state index contributed by atoms with van der Waals surface area (Å²) in [6.07, 6.45) is 0. The van der Waals surface area contributed by atoms with Crippen LogP contribution in [0.4, 0.5) is 10.1 Å². The number of amides is 1. The summed E-state index contributed by atoms with van der Waals surface area (Å²) in [5, 5.41) is 8.19. The molecule has 0 spiro atoms. The van der Waals surface area contributed by atoms with Gasteiger partial charge >= 0.3 is 5.76 Å². The highest BCUT2D eigenvalue weighted by Gasteiger charge is 2.18. The molecule has 0 fully saturated rings. The molecule has 0 radical (unpaired) electrons. The molecule has 1 heterocycles. The average Bonchev–Trinajstić information content (AvgIpc) is 3.14. The Bertz CT molecular complexity index is 1250. The normalized spacial score (nSPS) is 10.8. The molecule has 7 nitrogen and oxygen atoms in total. The standard InChI is InChI=1S/C20H14FN3O4/c1-27-17-10-16(14(9-15(17)21)18-23-20(26)28-24-18)22-19(25)13-7-6-11-4-2-3-5-12(11)8-13/h2-10H,1H3,(H,22,25)(H,23,24,26). The van der Waals surface area contributed by atoms with Crippen molar-refractivity contribution in [3.05, 3.63) is 76.5 Å². The maximum atomic E-state index is 14.2. The van der Waals surface area contributed by atoms with Crippen molar-refractivity contribution in [3.8, 4) is 17.1 Å². The summed E-state index contributed by atoms with van der Waals surface area (Å²) in [5.41, 5.74) is 0.779. The first-order chi connectivity index (χ1) is 13.5. The van der Waals surface area contributed by atoms with Crippen LogP contribution in [0, 0.1) is 5.82 Å². The lowest BCUT2D eigenvalue weighted by Gasteiger charge is -2.12. The van der Waals surface area contributed by atoms with Crippen molar-refractivity contribution in [2.24, 2.45) is 0 Å². The first kappa shape index (κ1) is 17.5. The van der Waals surface area contributed by atoms with Gasteiger partial charge < -0.3 is 10.1 Å². The van der Waals surface area contributed by atoms with Crippen LogP contribution in [0.25, 0.3) is 22.2 Å². The third-order valence-electron chi connectivity index (χ3n) is 4.25. The van der Waals surface area contributed by atoms with E-state index in [9.17, 15) is 14.0 Å². The van der Waals surface area contributed by atoms with E-state index < -0.39 is 17.5 Å². The van der Waals surface area contributed by atoms with Crippen molar-refractivity contribution in [2.45, 2.75) is 0 Å². The Kier molecular flexibility index (Phi) is 4.36. The SMILES string of the molecule is COc1cc(NC(=O)c2ccc3ccccc3c2)c(-c2noc(=O)[nH]2)cc1F. The van der Waals surface area contributed by atoms with E-state index >= 15 is 0 Å². The fourth-order valence-corrected chi connectivity index (χ4v) is 2.88. The first-order valence-electron chi connectivity index (χ1n) is 8.29. The fourth-order valence-electron chi connectivity index (χ4n) is 2.88. The Morgan fingerprint density at radius 2 is 1.93 bits per heavy atom. The van der Waals surface area contributed by atoms with Gasteiger partial charge in [-0.05, 0) is 29.0 Å². The molecule has 140 valence electrons. The number of nitrogens with zero attached hydrogens (tertiary/aromatic N) is 1. The number of nitrogens with one attached hydrogen (secondary N) is 2. The van der Waals surface area contributed by atoms with Gasteiger partial charge in [-0.1, -0.05) is 35.5 Å². The van der Waals surface area contributed by atoms with Crippen LogP contribution in [-0.4, -0.2) is 23.2 Å². The molecule has 4 aromatic rings. The maximum absolute atomic E-state index is 14.2. The van der Waals surface area contributed by atoms with Crippen LogP contribution in [0.3, 0.4) is 0 Å². The number of benzene rings is 3. The summed E-state index contributed by atoms with van der Waals surface area (Å²) in [6, 6.07) is 15.3. The molecule has 3 aromatic carbocycles.